The van der Waals surface area contributed by atoms with Gasteiger partial charge in [0.05, 0.1) is 6.26 Å². The topological polar surface area (TPSA) is 103 Å². The summed E-state index contributed by atoms with van der Waals surface area (Å²) in [6.45, 7) is 2.07. The summed E-state index contributed by atoms with van der Waals surface area (Å²) in [5.41, 5.74) is 6.06. The van der Waals surface area contributed by atoms with Crippen molar-refractivity contribution in [2.75, 3.05) is 37.3 Å². The number of hydrogen-bond acceptors (Lipinski definition) is 5. The van der Waals surface area contributed by atoms with Crippen LogP contribution in [0.15, 0.2) is 18.3 Å². The van der Waals surface area contributed by atoms with Crippen LogP contribution in [0, 0.1) is 5.41 Å². The molecular weight excluding hydrogens is 266 g/mol. The van der Waals surface area contributed by atoms with E-state index in [9.17, 15) is 8.42 Å². The average Bonchev–Trinajstić information content (AvgIpc) is 2.38. The van der Waals surface area contributed by atoms with E-state index >= 15 is 0 Å². The normalized spacial score (nSPS) is 17.4. The molecule has 0 aromatic carbocycles. The quantitative estimate of drug-likeness (QED) is 0.572. The zero-order valence-electron chi connectivity index (χ0n) is 10.7. The molecular formula is C11H17N5O2S. The van der Waals surface area contributed by atoms with Crippen molar-refractivity contribution < 1.29 is 8.42 Å². The maximum Gasteiger partial charge on any atom is 0.211 e. The molecule has 0 atom stereocenters. The number of piperazine rings is 1. The molecule has 0 bridgehead atoms. The van der Waals surface area contributed by atoms with E-state index < -0.39 is 10.0 Å². The molecule has 2 rings (SSSR count). The molecule has 0 amide bonds. The van der Waals surface area contributed by atoms with Crippen molar-refractivity contribution in [2.45, 2.75) is 0 Å². The fourth-order valence-corrected chi connectivity index (χ4v) is 2.83. The van der Waals surface area contributed by atoms with E-state index in [0.29, 0.717) is 31.7 Å². The van der Waals surface area contributed by atoms with E-state index in [-0.39, 0.29) is 5.84 Å². The highest BCUT2D eigenvalue weighted by atomic mass is 32.2. The molecule has 0 radical (unpaired) electrons. The van der Waals surface area contributed by atoms with Crippen molar-refractivity contribution in [1.29, 1.82) is 5.41 Å². The minimum absolute atomic E-state index is 0.00146. The summed E-state index contributed by atoms with van der Waals surface area (Å²) in [6, 6.07) is 3.43. The number of anilines is 1. The molecule has 19 heavy (non-hydrogen) atoms. The number of nitrogens with two attached hydrogens (primary N) is 1. The monoisotopic (exact) mass is 283 g/mol. The number of pyridine rings is 1. The predicted molar refractivity (Wildman–Crippen MR) is 73.9 cm³/mol. The number of aromatic nitrogens is 1. The zero-order valence-corrected chi connectivity index (χ0v) is 11.5. The summed E-state index contributed by atoms with van der Waals surface area (Å²) < 4.78 is 24.3. The van der Waals surface area contributed by atoms with Gasteiger partial charge < -0.3 is 10.6 Å². The van der Waals surface area contributed by atoms with Crippen molar-refractivity contribution in [3.63, 3.8) is 0 Å². The molecule has 0 saturated carbocycles. The fourth-order valence-electron chi connectivity index (χ4n) is 2.01. The molecule has 0 unspecified atom stereocenters. The molecule has 1 aromatic rings. The van der Waals surface area contributed by atoms with E-state index in [0.717, 1.165) is 5.82 Å². The second kappa shape index (κ2) is 5.14. The Morgan fingerprint density at radius 1 is 1.37 bits per heavy atom. The Labute approximate surface area is 112 Å². The Kier molecular flexibility index (Phi) is 3.72. The molecule has 8 heteroatoms. The third-order valence-electron chi connectivity index (χ3n) is 3.09. The first kappa shape index (κ1) is 13.8. The fraction of sp³-hybridized carbons (Fsp3) is 0.455. The van der Waals surface area contributed by atoms with Gasteiger partial charge in [0.15, 0.2) is 0 Å². The Morgan fingerprint density at radius 2 is 2.00 bits per heavy atom. The average molecular weight is 283 g/mol. The predicted octanol–water partition coefficient (Wildman–Crippen LogP) is -0.553. The van der Waals surface area contributed by atoms with Crippen LogP contribution in [-0.2, 0) is 10.0 Å². The summed E-state index contributed by atoms with van der Waals surface area (Å²) in [5, 5.41) is 7.40. The third-order valence-corrected chi connectivity index (χ3v) is 4.39. The van der Waals surface area contributed by atoms with Gasteiger partial charge in [-0.3, -0.25) is 5.41 Å². The maximum absolute atomic E-state index is 11.4. The van der Waals surface area contributed by atoms with Gasteiger partial charge in [0, 0.05) is 37.9 Å². The second-order valence-electron chi connectivity index (χ2n) is 4.47. The lowest BCUT2D eigenvalue weighted by Gasteiger charge is -2.34. The van der Waals surface area contributed by atoms with Gasteiger partial charge in [-0.25, -0.2) is 13.4 Å². The van der Waals surface area contributed by atoms with Gasteiger partial charge in [-0.2, -0.15) is 4.31 Å². The maximum atomic E-state index is 11.4. The van der Waals surface area contributed by atoms with Crippen molar-refractivity contribution in [3.05, 3.63) is 23.9 Å². The molecule has 1 aliphatic heterocycles. The number of hydrogen-bond donors (Lipinski definition) is 2. The van der Waals surface area contributed by atoms with E-state index in [1.54, 1.807) is 18.3 Å². The smallest absolute Gasteiger partial charge is 0.211 e. The molecule has 1 aliphatic rings. The SMILES string of the molecule is CS(=O)(=O)N1CCN(c2cc(C(=N)N)ccn2)CC1. The largest absolute Gasteiger partial charge is 0.384 e. The van der Waals surface area contributed by atoms with Gasteiger partial charge in [-0.05, 0) is 12.1 Å². The van der Waals surface area contributed by atoms with E-state index in [2.05, 4.69) is 4.98 Å². The third kappa shape index (κ3) is 3.21. The van der Waals surface area contributed by atoms with Crippen LogP contribution in [0.4, 0.5) is 5.82 Å². The highest BCUT2D eigenvalue weighted by Gasteiger charge is 2.24. The van der Waals surface area contributed by atoms with Gasteiger partial charge in [-0.1, -0.05) is 0 Å². The van der Waals surface area contributed by atoms with Gasteiger partial charge in [0.2, 0.25) is 10.0 Å². The molecule has 1 saturated heterocycles. The Hall–Kier alpha value is -1.67. The van der Waals surface area contributed by atoms with E-state index in [4.69, 9.17) is 11.1 Å². The minimum Gasteiger partial charge on any atom is -0.384 e. The molecule has 0 spiro atoms. The molecule has 7 nitrogen and oxygen atoms in total. The second-order valence-corrected chi connectivity index (χ2v) is 6.45. The van der Waals surface area contributed by atoms with Crippen LogP contribution >= 0.6 is 0 Å². The summed E-state index contributed by atoms with van der Waals surface area (Å²) in [4.78, 5) is 6.23. The lowest BCUT2D eigenvalue weighted by atomic mass is 10.2. The van der Waals surface area contributed by atoms with Crippen LogP contribution in [0.2, 0.25) is 0 Å². The number of amidine groups is 1. The summed E-state index contributed by atoms with van der Waals surface area (Å²) in [7, 11) is -3.12. The highest BCUT2D eigenvalue weighted by Crippen LogP contribution is 2.16. The van der Waals surface area contributed by atoms with E-state index in [1.165, 1.54) is 10.6 Å². The van der Waals surface area contributed by atoms with Crippen LogP contribution in [-0.4, -0.2) is 56.0 Å². The molecule has 1 fully saturated rings. The number of sulfonamides is 1. The van der Waals surface area contributed by atoms with Crippen LogP contribution < -0.4 is 10.6 Å². The standard InChI is InChI=1S/C11H17N5O2S/c1-19(17,18)16-6-4-15(5-7-16)10-8-9(11(12)13)2-3-14-10/h2-3,8H,4-7H2,1H3,(H3,12,13). The first-order chi connectivity index (χ1) is 8.88. The highest BCUT2D eigenvalue weighted by molar-refractivity contribution is 7.88. The Balaban J connectivity index is 2.10. The minimum atomic E-state index is -3.12. The molecule has 1 aromatic heterocycles. The Morgan fingerprint density at radius 3 is 2.53 bits per heavy atom. The van der Waals surface area contributed by atoms with Gasteiger partial charge in [0.25, 0.3) is 0 Å². The first-order valence-electron chi connectivity index (χ1n) is 5.88. The van der Waals surface area contributed by atoms with Crippen molar-refractivity contribution in [1.82, 2.24) is 9.29 Å². The molecule has 3 N–H and O–H groups in total. The first-order valence-corrected chi connectivity index (χ1v) is 7.73. The van der Waals surface area contributed by atoms with Crippen LogP contribution in [0.5, 0.6) is 0 Å². The summed E-state index contributed by atoms with van der Waals surface area (Å²) in [6.07, 6.45) is 2.83. The summed E-state index contributed by atoms with van der Waals surface area (Å²) in [5.74, 6) is 0.722. The van der Waals surface area contributed by atoms with Gasteiger partial charge >= 0.3 is 0 Å². The van der Waals surface area contributed by atoms with Gasteiger partial charge in [-0.15, -0.1) is 0 Å². The number of rotatable bonds is 3. The number of nitrogens with one attached hydrogen (secondary N) is 1. The molecule has 2 heterocycles. The zero-order chi connectivity index (χ0) is 14.0. The van der Waals surface area contributed by atoms with Crippen LogP contribution in [0.1, 0.15) is 5.56 Å². The summed E-state index contributed by atoms with van der Waals surface area (Å²) >= 11 is 0. The van der Waals surface area contributed by atoms with E-state index in [1.807, 2.05) is 4.90 Å². The number of nitrogen functional groups attached to an aromatic ring is 1. The van der Waals surface area contributed by atoms with Crippen LogP contribution in [0.25, 0.3) is 0 Å². The number of nitrogens with zero attached hydrogens (tertiary/aromatic N) is 3. The van der Waals surface area contributed by atoms with Gasteiger partial charge in [0.1, 0.15) is 11.7 Å². The van der Waals surface area contributed by atoms with Crippen molar-refractivity contribution in [3.8, 4) is 0 Å². The Bertz CT molecular complexity index is 579. The van der Waals surface area contributed by atoms with Crippen molar-refractivity contribution >= 4 is 21.7 Å². The lowest BCUT2D eigenvalue weighted by molar-refractivity contribution is 0.387. The molecule has 104 valence electrons. The van der Waals surface area contributed by atoms with Crippen molar-refractivity contribution in [2.24, 2.45) is 5.73 Å². The molecule has 0 aliphatic carbocycles. The lowest BCUT2D eigenvalue weighted by Crippen LogP contribution is -2.48. The van der Waals surface area contributed by atoms with Crippen LogP contribution in [0.3, 0.4) is 0 Å².